The Hall–Kier alpha value is -0.610. The highest BCUT2D eigenvalue weighted by atomic mass is 16.5. The van der Waals surface area contributed by atoms with Crippen LogP contribution < -0.4 is 0 Å². The van der Waals surface area contributed by atoms with Crippen LogP contribution in [-0.4, -0.2) is 48.8 Å². The van der Waals surface area contributed by atoms with E-state index in [0.29, 0.717) is 19.7 Å². The molecule has 1 aliphatic rings. The standard InChI is InChI=1S/C7H13NO3/c1-11-3-2-8-5-6(9)4-7(8)10/h6,9H,2-5H2,1H3/t6-/m0/s1. The Morgan fingerprint density at radius 2 is 2.55 bits per heavy atom. The van der Waals surface area contributed by atoms with E-state index >= 15 is 0 Å². The number of ether oxygens (including phenoxy) is 1. The molecular formula is C7H13NO3. The Morgan fingerprint density at radius 3 is 3.00 bits per heavy atom. The summed E-state index contributed by atoms with van der Waals surface area (Å²) in [5.41, 5.74) is 0. The summed E-state index contributed by atoms with van der Waals surface area (Å²) in [5.74, 6) is 0.0227. The minimum absolute atomic E-state index is 0.0227. The van der Waals surface area contributed by atoms with Gasteiger partial charge in [-0.2, -0.15) is 0 Å². The molecule has 1 heterocycles. The third-order valence-corrected chi connectivity index (χ3v) is 1.76. The number of aliphatic hydroxyl groups is 1. The molecule has 64 valence electrons. The Kier molecular flexibility index (Phi) is 2.84. The van der Waals surface area contributed by atoms with E-state index in [1.807, 2.05) is 0 Å². The summed E-state index contributed by atoms with van der Waals surface area (Å²) in [7, 11) is 1.59. The smallest absolute Gasteiger partial charge is 0.225 e. The van der Waals surface area contributed by atoms with Crippen LogP contribution in [0.1, 0.15) is 6.42 Å². The largest absolute Gasteiger partial charge is 0.391 e. The molecule has 4 heteroatoms. The van der Waals surface area contributed by atoms with Gasteiger partial charge in [0, 0.05) is 20.2 Å². The molecule has 0 aromatic carbocycles. The summed E-state index contributed by atoms with van der Waals surface area (Å²) in [6.45, 7) is 1.59. The zero-order valence-electron chi connectivity index (χ0n) is 6.62. The van der Waals surface area contributed by atoms with Crippen LogP contribution in [0.25, 0.3) is 0 Å². The van der Waals surface area contributed by atoms with E-state index < -0.39 is 6.10 Å². The molecule has 0 aliphatic carbocycles. The summed E-state index contributed by atoms with van der Waals surface area (Å²) >= 11 is 0. The van der Waals surface area contributed by atoms with Gasteiger partial charge < -0.3 is 14.7 Å². The fourth-order valence-corrected chi connectivity index (χ4v) is 1.17. The molecule has 1 saturated heterocycles. The van der Waals surface area contributed by atoms with Crippen LogP contribution in [-0.2, 0) is 9.53 Å². The highest BCUT2D eigenvalue weighted by Gasteiger charge is 2.26. The van der Waals surface area contributed by atoms with Gasteiger partial charge in [-0.1, -0.05) is 0 Å². The average molecular weight is 159 g/mol. The van der Waals surface area contributed by atoms with Gasteiger partial charge in [0.1, 0.15) is 0 Å². The Balaban J connectivity index is 2.29. The second-order valence-electron chi connectivity index (χ2n) is 2.69. The molecule has 1 fully saturated rings. The van der Waals surface area contributed by atoms with Crippen molar-refractivity contribution >= 4 is 5.91 Å². The third kappa shape index (κ3) is 2.17. The highest BCUT2D eigenvalue weighted by molar-refractivity contribution is 5.78. The quantitative estimate of drug-likeness (QED) is 0.588. The molecule has 1 amide bonds. The van der Waals surface area contributed by atoms with Crippen molar-refractivity contribution in [1.29, 1.82) is 0 Å². The van der Waals surface area contributed by atoms with E-state index in [1.54, 1.807) is 12.0 Å². The number of β-amino-alcohol motifs (C(OH)–C–C–N with tert-alkyl or cyclic N) is 1. The lowest BCUT2D eigenvalue weighted by molar-refractivity contribution is -0.128. The molecule has 0 radical (unpaired) electrons. The van der Waals surface area contributed by atoms with Crippen LogP contribution in [0.15, 0.2) is 0 Å². The van der Waals surface area contributed by atoms with Crippen LogP contribution >= 0.6 is 0 Å². The first-order valence-corrected chi connectivity index (χ1v) is 3.69. The summed E-state index contributed by atoms with van der Waals surface area (Å²) in [5, 5.41) is 9.07. The number of likely N-dealkylation sites (tertiary alicyclic amines) is 1. The predicted molar refractivity (Wildman–Crippen MR) is 39.1 cm³/mol. The van der Waals surface area contributed by atoms with Crippen LogP contribution in [0.3, 0.4) is 0 Å². The Labute approximate surface area is 65.8 Å². The molecule has 1 aliphatic heterocycles. The molecule has 0 spiro atoms. The number of carbonyl (C=O) groups is 1. The van der Waals surface area contributed by atoms with Crippen LogP contribution in [0.2, 0.25) is 0 Å². The van der Waals surface area contributed by atoms with E-state index in [0.717, 1.165) is 0 Å². The Morgan fingerprint density at radius 1 is 1.82 bits per heavy atom. The fraction of sp³-hybridized carbons (Fsp3) is 0.857. The number of hydrogen-bond donors (Lipinski definition) is 1. The first-order chi connectivity index (χ1) is 5.24. The summed E-state index contributed by atoms with van der Waals surface area (Å²) in [6.07, 6.45) is -0.205. The van der Waals surface area contributed by atoms with E-state index in [-0.39, 0.29) is 12.3 Å². The average Bonchev–Trinajstić information content (AvgIpc) is 2.26. The van der Waals surface area contributed by atoms with Gasteiger partial charge in [-0.05, 0) is 0 Å². The highest BCUT2D eigenvalue weighted by Crippen LogP contribution is 2.09. The van der Waals surface area contributed by atoms with Crippen molar-refractivity contribution in [3.05, 3.63) is 0 Å². The number of methoxy groups -OCH3 is 1. The van der Waals surface area contributed by atoms with E-state index in [2.05, 4.69) is 0 Å². The molecule has 4 nitrogen and oxygen atoms in total. The normalized spacial score (nSPS) is 24.7. The van der Waals surface area contributed by atoms with Crippen molar-refractivity contribution < 1.29 is 14.6 Å². The van der Waals surface area contributed by atoms with E-state index in [4.69, 9.17) is 9.84 Å². The monoisotopic (exact) mass is 159 g/mol. The first kappa shape index (κ1) is 8.49. The maximum absolute atomic E-state index is 11.0. The number of nitrogens with zero attached hydrogens (tertiary/aromatic N) is 1. The van der Waals surface area contributed by atoms with Crippen molar-refractivity contribution in [1.82, 2.24) is 4.90 Å². The molecule has 1 rings (SSSR count). The Bertz CT molecular complexity index is 149. The summed E-state index contributed by atoms with van der Waals surface area (Å²) in [4.78, 5) is 12.6. The van der Waals surface area contributed by atoms with Crippen molar-refractivity contribution in [2.75, 3.05) is 26.8 Å². The number of hydrogen-bond acceptors (Lipinski definition) is 3. The molecular weight excluding hydrogens is 146 g/mol. The zero-order valence-corrected chi connectivity index (χ0v) is 6.62. The molecule has 0 aromatic heterocycles. The topological polar surface area (TPSA) is 49.8 Å². The summed E-state index contributed by atoms with van der Waals surface area (Å²) < 4.78 is 4.81. The SMILES string of the molecule is COCCN1C[C@@H](O)CC1=O. The molecule has 11 heavy (non-hydrogen) atoms. The molecule has 0 aromatic rings. The van der Waals surface area contributed by atoms with Gasteiger partial charge in [-0.3, -0.25) is 4.79 Å². The molecule has 0 bridgehead atoms. The second kappa shape index (κ2) is 3.69. The van der Waals surface area contributed by atoms with E-state index in [1.165, 1.54) is 0 Å². The van der Waals surface area contributed by atoms with Crippen molar-refractivity contribution in [2.24, 2.45) is 0 Å². The van der Waals surface area contributed by atoms with Gasteiger partial charge in [0.05, 0.1) is 19.1 Å². The van der Waals surface area contributed by atoms with Gasteiger partial charge in [-0.15, -0.1) is 0 Å². The van der Waals surface area contributed by atoms with Gasteiger partial charge in [0.25, 0.3) is 0 Å². The van der Waals surface area contributed by atoms with Gasteiger partial charge in [0.15, 0.2) is 0 Å². The van der Waals surface area contributed by atoms with Crippen LogP contribution in [0.4, 0.5) is 0 Å². The van der Waals surface area contributed by atoms with Crippen LogP contribution in [0.5, 0.6) is 0 Å². The van der Waals surface area contributed by atoms with Crippen molar-refractivity contribution in [2.45, 2.75) is 12.5 Å². The van der Waals surface area contributed by atoms with Crippen molar-refractivity contribution in [3.63, 3.8) is 0 Å². The predicted octanol–water partition coefficient (Wildman–Crippen LogP) is -0.774. The second-order valence-corrected chi connectivity index (χ2v) is 2.69. The van der Waals surface area contributed by atoms with Gasteiger partial charge >= 0.3 is 0 Å². The maximum atomic E-state index is 11.0. The van der Waals surface area contributed by atoms with Gasteiger partial charge in [-0.25, -0.2) is 0 Å². The zero-order chi connectivity index (χ0) is 8.27. The van der Waals surface area contributed by atoms with Crippen LogP contribution in [0, 0.1) is 0 Å². The molecule has 1 N–H and O–H groups in total. The third-order valence-electron chi connectivity index (χ3n) is 1.76. The first-order valence-electron chi connectivity index (χ1n) is 3.69. The number of aliphatic hydroxyl groups excluding tert-OH is 1. The lowest BCUT2D eigenvalue weighted by Crippen LogP contribution is -2.29. The number of amides is 1. The van der Waals surface area contributed by atoms with Crippen molar-refractivity contribution in [3.8, 4) is 0 Å². The minimum Gasteiger partial charge on any atom is -0.391 e. The maximum Gasteiger partial charge on any atom is 0.225 e. The lowest BCUT2D eigenvalue weighted by atomic mass is 10.3. The minimum atomic E-state index is -0.473. The summed E-state index contributed by atoms with van der Waals surface area (Å²) in [6, 6.07) is 0. The van der Waals surface area contributed by atoms with Gasteiger partial charge in [0.2, 0.25) is 5.91 Å². The molecule has 0 unspecified atom stereocenters. The molecule has 1 atom stereocenters. The fourth-order valence-electron chi connectivity index (χ4n) is 1.17. The molecule has 0 saturated carbocycles. The lowest BCUT2D eigenvalue weighted by Gasteiger charge is -2.14. The number of rotatable bonds is 3. The number of carbonyl (C=O) groups excluding carboxylic acids is 1. The van der Waals surface area contributed by atoms with E-state index in [9.17, 15) is 4.79 Å².